The third kappa shape index (κ3) is 60.1. The summed E-state index contributed by atoms with van der Waals surface area (Å²) in [5.41, 5.74) is -1.30. The molecule has 0 saturated carbocycles. The van der Waals surface area contributed by atoms with Gasteiger partial charge in [0, 0.05) is 71.2 Å². The summed E-state index contributed by atoms with van der Waals surface area (Å²) in [7, 11) is 0. The second kappa shape index (κ2) is 56.4. The smallest absolute Gasteiger partial charge is 0.407 e. The number of alkyl halides is 3. The average molecular weight is 1260 g/mol. The molecule has 5 N–H and O–H groups in total. The highest BCUT2D eigenvalue weighted by Gasteiger charge is 2.34. The summed E-state index contributed by atoms with van der Waals surface area (Å²) in [6, 6.07) is 0. The number of Topliss-reactive ketones (excluding diaryl/α,β-unsaturated/α-hetero) is 3. The number of aliphatic carboxylic acids is 2. The normalized spacial score (nSPS) is 11.6. The van der Waals surface area contributed by atoms with E-state index in [4.69, 9.17) is 107 Å². The van der Waals surface area contributed by atoms with E-state index >= 15 is 0 Å². The molecule has 0 atom stereocenters. The molecule has 0 aromatic carbocycles. The Bertz CT molecular complexity index is 1560. The number of hydrogen-bond donors (Lipinski definition) is 5. The molecule has 0 unspecified atom stereocenters. The van der Waals surface area contributed by atoms with Gasteiger partial charge in [-0.15, -0.1) is 0 Å². The third-order valence-corrected chi connectivity index (χ3v) is 11.4. The summed E-state index contributed by atoms with van der Waals surface area (Å²) >= 11 is 16.9. The Morgan fingerprint density at radius 3 is 1.18 bits per heavy atom. The predicted octanol–water partition coefficient (Wildman–Crippen LogP) is 4.39. The fourth-order valence-electron chi connectivity index (χ4n) is 6.77. The van der Waals surface area contributed by atoms with Gasteiger partial charge in [-0.2, -0.15) is 0 Å². The van der Waals surface area contributed by atoms with E-state index in [2.05, 4.69) is 16.0 Å². The van der Waals surface area contributed by atoms with E-state index in [9.17, 15) is 38.4 Å². The monoisotopic (exact) mass is 1260 g/mol. The van der Waals surface area contributed by atoms with Crippen molar-refractivity contribution in [3.8, 4) is 0 Å². The van der Waals surface area contributed by atoms with E-state index < -0.39 is 34.0 Å². The van der Waals surface area contributed by atoms with Gasteiger partial charge < -0.3 is 87.7 Å². The molecule has 0 fully saturated rings. The number of hydrogen-bond acceptors (Lipinski definition) is 21. The molecule has 0 aromatic rings. The van der Waals surface area contributed by atoms with Gasteiger partial charge in [0.05, 0.1) is 158 Å². The lowest BCUT2D eigenvalue weighted by molar-refractivity contribution is -0.139. The average Bonchev–Trinajstić information content (AvgIpc) is 3.52. The van der Waals surface area contributed by atoms with Crippen LogP contribution in [0.5, 0.6) is 0 Å². The molecule has 83 heavy (non-hydrogen) atoms. The van der Waals surface area contributed by atoms with Crippen LogP contribution in [0.3, 0.4) is 0 Å². The van der Waals surface area contributed by atoms with Crippen LogP contribution in [-0.2, 0) is 95.1 Å². The number of carboxylic acid groups (broad SMARTS) is 2. The van der Waals surface area contributed by atoms with Crippen molar-refractivity contribution in [1.82, 2.24) is 16.0 Å². The van der Waals surface area contributed by atoms with Gasteiger partial charge in [-0.1, -0.05) is 54.1 Å². The Morgan fingerprint density at radius 2 is 0.735 bits per heavy atom. The number of amides is 3. The van der Waals surface area contributed by atoms with Crippen LogP contribution < -0.4 is 16.0 Å². The van der Waals surface area contributed by atoms with Crippen molar-refractivity contribution in [2.24, 2.45) is 0 Å². The van der Waals surface area contributed by atoms with Crippen LogP contribution in [0, 0.1) is 0 Å². The minimum Gasteiger partial charge on any atom is -0.481 e. The number of carbonyl (C=O) groups is 8. The van der Waals surface area contributed by atoms with Crippen molar-refractivity contribution in [3.05, 3.63) is 0 Å². The quantitative estimate of drug-likeness (QED) is 0.0416. The van der Waals surface area contributed by atoms with Crippen molar-refractivity contribution in [2.75, 3.05) is 178 Å². The highest BCUT2D eigenvalue weighted by atomic mass is 35.6. The van der Waals surface area contributed by atoms with Crippen LogP contribution in [0.25, 0.3) is 0 Å². The Hall–Kier alpha value is -3.45. The number of alkyl carbamates (subject to hydrolysis) is 1. The van der Waals surface area contributed by atoms with Gasteiger partial charge in [0.2, 0.25) is 15.6 Å². The molecule has 484 valence electrons. The number of ether oxygens (including phenoxy) is 13. The highest BCUT2D eigenvalue weighted by molar-refractivity contribution is 6.67. The Kier molecular flexibility index (Phi) is 54.0. The first-order valence-electron chi connectivity index (χ1n) is 28.4. The van der Waals surface area contributed by atoms with Crippen molar-refractivity contribution >= 4 is 82.0 Å². The van der Waals surface area contributed by atoms with Gasteiger partial charge >= 0.3 is 18.0 Å². The second-order valence-corrected chi connectivity index (χ2v) is 21.3. The largest absolute Gasteiger partial charge is 0.481 e. The summed E-state index contributed by atoms with van der Waals surface area (Å²) < 4.78 is 69.8. The lowest BCUT2D eigenvalue weighted by Gasteiger charge is -2.34. The molecule has 3 amide bonds. The van der Waals surface area contributed by atoms with Crippen LogP contribution in [0.1, 0.15) is 110 Å². The van der Waals surface area contributed by atoms with Gasteiger partial charge in [-0.3, -0.25) is 33.6 Å². The Morgan fingerprint density at radius 1 is 0.349 bits per heavy atom. The highest BCUT2D eigenvalue weighted by Crippen LogP contribution is 2.25. The van der Waals surface area contributed by atoms with Crippen LogP contribution in [0.4, 0.5) is 4.79 Å². The molecule has 0 bridgehead atoms. The minimum atomic E-state index is -1.72. The molecule has 0 aromatic heterocycles. The fraction of sp³-hybridized carbons (Fsp3) is 0.852. The molecule has 0 aliphatic heterocycles. The van der Waals surface area contributed by atoms with Crippen molar-refractivity contribution < 1.29 is 110 Å². The van der Waals surface area contributed by atoms with Gasteiger partial charge in [-0.05, 0) is 32.6 Å². The molecule has 26 nitrogen and oxygen atoms in total. The van der Waals surface area contributed by atoms with Gasteiger partial charge in [-0.25, -0.2) is 4.79 Å². The molecule has 0 aliphatic rings. The standard InChI is InChI=1S/C54H94Cl3N3O23/c1-45(61)12-22-73-31-37-79-40-34-76-28-19-58-48(64)15-25-82-43-53(60-49(65)11-5-3-2-4-6-18-59-52(70)83-44-54(55,56)57,41-80-23-13-46(62)9-7-20-71-29-35-77-38-32-74-26-16-50(66)67)42-81-24-14-47(63)10-8-21-72-30-36-78-39-33-75-27-17-51(68)69/h2-44H2,1H3,(H,58,64)(H,59,70)(H,60,65)(H,66,67)(H,68,69). The first-order chi connectivity index (χ1) is 39.9. The van der Waals surface area contributed by atoms with E-state index in [0.29, 0.717) is 131 Å². The third-order valence-electron chi connectivity index (χ3n) is 11.1. The zero-order chi connectivity index (χ0) is 61.3. The van der Waals surface area contributed by atoms with Crippen molar-refractivity contribution in [3.63, 3.8) is 0 Å². The SMILES string of the molecule is CC(=O)CCOCCOCCOCCNC(=O)CCOCC(COCCC(=O)CCCOCCOCCOCCC(=O)O)(COCCC(=O)CCCOCCOCCOCCC(=O)O)NC(=O)CCCCCCCNC(=O)OCC(Cl)(Cl)Cl. The summed E-state index contributed by atoms with van der Waals surface area (Å²) in [4.78, 5) is 96.0. The predicted molar refractivity (Wildman–Crippen MR) is 303 cm³/mol. The lowest BCUT2D eigenvalue weighted by Crippen LogP contribution is -2.58. The summed E-state index contributed by atoms with van der Waals surface area (Å²) in [5, 5.41) is 25.7. The number of carbonyl (C=O) groups excluding carboxylic acids is 6. The molecule has 0 aliphatic carbocycles. The summed E-state index contributed by atoms with van der Waals surface area (Å²) in [5.74, 6) is -2.57. The van der Waals surface area contributed by atoms with Crippen LogP contribution >= 0.6 is 34.8 Å². The first-order valence-corrected chi connectivity index (χ1v) is 29.5. The van der Waals surface area contributed by atoms with Crippen molar-refractivity contribution in [2.45, 2.75) is 119 Å². The topological polar surface area (TPSA) is 333 Å². The maximum Gasteiger partial charge on any atom is 0.407 e. The fourth-order valence-corrected chi connectivity index (χ4v) is 6.93. The van der Waals surface area contributed by atoms with E-state index in [1.165, 1.54) is 6.92 Å². The summed E-state index contributed by atoms with van der Waals surface area (Å²) in [6.45, 7) is 6.47. The maximum absolute atomic E-state index is 13.7. The molecule has 0 rings (SSSR count). The second-order valence-electron chi connectivity index (χ2n) is 18.8. The maximum atomic E-state index is 13.7. The molecule has 0 radical (unpaired) electrons. The zero-order valence-electron chi connectivity index (χ0n) is 48.5. The summed E-state index contributed by atoms with van der Waals surface area (Å²) in [6.07, 6.45) is 4.61. The number of carboxylic acids is 2. The van der Waals surface area contributed by atoms with E-state index in [0.717, 1.165) is 12.8 Å². The Balaban J connectivity index is 5.45. The van der Waals surface area contributed by atoms with E-state index in [-0.39, 0.29) is 160 Å². The zero-order valence-corrected chi connectivity index (χ0v) is 50.8. The number of halogens is 3. The lowest BCUT2D eigenvalue weighted by atomic mass is 10.0. The minimum absolute atomic E-state index is 0.0160. The van der Waals surface area contributed by atoms with Crippen molar-refractivity contribution in [1.29, 1.82) is 0 Å². The van der Waals surface area contributed by atoms with Crippen LogP contribution in [0.15, 0.2) is 0 Å². The molecule has 0 heterocycles. The van der Waals surface area contributed by atoms with Gasteiger partial charge in [0.25, 0.3) is 0 Å². The number of nitrogens with one attached hydrogen (secondary N) is 3. The van der Waals surface area contributed by atoms with Crippen LogP contribution in [0.2, 0.25) is 0 Å². The van der Waals surface area contributed by atoms with E-state index in [1.807, 2.05) is 0 Å². The molecule has 0 saturated heterocycles. The number of ketones is 3. The van der Waals surface area contributed by atoms with Crippen LogP contribution in [-0.4, -0.2) is 245 Å². The first kappa shape index (κ1) is 79.5. The molecular weight excluding hydrogens is 1160 g/mol. The number of unbranched alkanes of at least 4 members (excludes halogenated alkanes) is 4. The van der Waals surface area contributed by atoms with Gasteiger partial charge in [0.15, 0.2) is 0 Å². The molecular formula is C54H94Cl3N3O23. The molecule has 29 heteroatoms. The Labute approximate surface area is 503 Å². The number of rotatable bonds is 63. The van der Waals surface area contributed by atoms with E-state index in [1.54, 1.807) is 0 Å². The van der Waals surface area contributed by atoms with Gasteiger partial charge in [0.1, 0.15) is 29.5 Å². The molecule has 0 spiro atoms.